The molecule has 0 aromatic rings. The van der Waals surface area contributed by atoms with Gasteiger partial charge in [0.1, 0.15) is 0 Å². The highest BCUT2D eigenvalue weighted by Crippen LogP contribution is 2.49. The van der Waals surface area contributed by atoms with Crippen LogP contribution in [0.1, 0.15) is 0 Å². The van der Waals surface area contributed by atoms with Crippen molar-refractivity contribution in [1.82, 2.24) is 5.06 Å². The first kappa shape index (κ1) is 22.8. The Hall–Kier alpha value is -1.92. The Bertz CT molecular complexity index is 885. The summed E-state index contributed by atoms with van der Waals surface area (Å²) in [5, 5.41) is -7.70. The van der Waals surface area contributed by atoms with Crippen LogP contribution in [-0.2, 0) is 33.5 Å². The van der Waals surface area contributed by atoms with E-state index < -0.39 is 74.7 Å². The summed E-state index contributed by atoms with van der Waals surface area (Å²) in [4.78, 5) is 24.1. The molecule has 0 aromatic carbocycles. The lowest BCUT2D eigenvalue weighted by Gasteiger charge is -2.29. The van der Waals surface area contributed by atoms with Gasteiger partial charge in [-0.15, -0.1) is 9.35 Å². The zero-order valence-corrected chi connectivity index (χ0v) is 14.4. The average Bonchev–Trinajstić information content (AvgIpc) is 3.22. The SMILES string of the molecule is O=C1C2C3C=CC(O3)C2C(=O)N1OS(=O)(=O)C(F)(F)C(F)(F)OC(F)(F)C(F)(F)F. The molecular weight excluding hydrogens is 473 g/mol. The molecule has 4 atom stereocenters. The van der Waals surface area contributed by atoms with Crippen LogP contribution in [0.15, 0.2) is 12.2 Å². The minimum atomic E-state index is -7.22. The molecule has 3 aliphatic heterocycles. The number of hydrogen-bond acceptors (Lipinski definition) is 7. The number of alkyl halides is 9. The Morgan fingerprint density at radius 2 is 1.27 bits per heavy atom. The Balaban J connectivity index is 1.84. The van der Waals surface area contributed by atoms with Gasteiger partial charge >= 0.3 is 33.8 Å². The van der Waals surface area contributed by atoms with Crippen LogP contribution in [0.3, 0.4) is 0 Å². The third-order valence-electron chi connectivity index (χ3n) is 4.28. The second-order valence-electron chi connectivity index (χ2n) is 6.15. The van der Waals surface area contributed by atoms with Crippen molar-refractivity contribution in [2.45, 2.75) is 35.9 Å². The predicted molar refractivity (Wildman–Crippen MR) is 68.6 cm³/mol. The lowest BCUT2D eigenvalue weighted by molar-refractivity contribution is -0.476. The van der Waals surface area contributed by atoms with E-state index in [1.54, 1.807) is 4.74 Å². The molecule has 2 amide bonds. The van der Waals surface area contributed by atoms with Gasteiger partial charge in [-0.3, -0.25) is 9.59 Å². The number of carbonyl (C=O) groups is 2. The monoisotopic (exact) mass is 479 g/mol. The number of amides is 2. The number of fused-ring (bicyclic) bond motifs is 5. The van der Waals surface area contributed by atoms with Crippen LogP contribution in [0.4, 0.5) is 39.5 Å². The van der Waals surface area contributed by atoms with E-state index in [0.717, 1.165) is 0 Å². The zero-order chi connectivity index (χ0) is 23.1. The second kappa shape index (κ2) is 6.30. The molecule has 3 heterocycles. The summed E-state index contributed by atoms with van der Waals surface area (Å²) < 4.78 is 148. The van der Waals surface area contributed by atoms with E-state index in [9.17, 15) is 57.5 Å². The standard InChI is InChI=1S/C12H6F9NO7S/c13-9(14,15)10(16,17)28-11(18,19)12(20,21)30(25,26)29-22-7(23)5-3-1-2-4(27-3)6(5)8(22)24/h1-6H. The van der Waals surface area contributed by atoms with Crippen LogP contribution in [0, 0.1) is 11.8 Å². The Labute approximate surface area is 159 Å². The van der Waals surface area contributed by atoms with Gasteiger partial charge in [0.25, 0.3) is 11.8 Å². The molecule has 0 N–H and O–H groups in total. The first-order valence-corrected chi connectivity index (χ1v) is 8.81. The summed E-state index contributed by atoms with van der Waals surface area (Å²) in [5.74, 6) is -6.07. The molecule has 8 nitrogen and oxygen atoms in total. The molecule has 0 aromatic heterocycles. The Morgan fingerprint density at radius 1 is 0.833 bits per heavy atom. The van der Waals surface area contributed by atoms with Crippen molar-refractivity contribution in [3.05, 3.63) is 12.2 Å². The van der Waals surface area contributed by atoms with Crippen molar-refractivity contribution in [3.63, 3.8) is 0 Å². The van der Waals surface area contributed by atoms with Crippen molar-refractivity contribution in [2.24, 2.45) is 11.8 Å². The van der Waals surface area contributed by atoms with Gasteiger partial charge in [-0.25, -0.2) is 4.74 Å². The smallest absolute Gasteiger partial charge is 0.365 e. The second-order valence-corrected chi connectivity index (χ2v) is 7.72. The maximum absolute atomic E-state index is 13.7. The minimum Gasteiger partial charge on any atom is -0.365 e. The van der Waals surface area contributed by atoms with Gasteiger partial charge in [-0.1, -0.05) is 12.2 Å². The molecular formula is C12H6F9NO7S. The van der Waals surface area contributed by atoms with E-state index in [1.165, 1.54) is 12.2 Å². The lowest BCUT2D eigenvalue weighted by atomic mass is 9.85. The molecule has 170 valence electrons. The topological polar surface area (TPSA) is 99.2 Å². The van der Waals surface area contributed by atoms with Crippen molar-refractivity contribution in [1.29, 1.82) is 0 Å². The first-order chi connectivity index (χ1) is 13.3. The van der Waals surface area contributed by atoms with E-state index >= 15 is 0 Å². The van der Waals surface area contributed by atoms with Gasteiger partial charge in [-0.05, 0) is 0 Å². The minimum absolute atomic E-state index is 0.813. The number of carbonyl (C=O) groups excluding carboxylic acids is 2. The highest BCUT2D eigenvalue weighted by atomic mass is 32.2. The average molecular weight is 479 g/mol. The molecule has 3 aliphatic rings. The van der Waals surface area contributed by atoms with E-state index in [1.807, 2.05) is 0 Å². The molecule has 4 unspecified atom stereocenters. The lowest BCUT2D eigenvalue weighted by Crippen LogP contribution is -2.56. The molecule has 2 bridgehead atoms. The van der Waals surface area contributed by atoms with Crippen molar-refractivity contribution in [2.75, 3.05) is 0 Å². The maximum Gasteiger partial charge on any atom is 0.483 e. The molecule has 18 heteroatoms. The summed E-state index contributed by atoms with van der Waals surface area (Å²) in [5.41, 5.74) is 0. The summed E-state index contributed by atoms with van der Waals surface area (Å²) in [6.45, 7) is 0. The maximum atomic E-state index is 13.7. The van der Waals surface area contributed by atoms with E-state index in [-0.39, 0.29) is 0 Å². The predicted octanol–water partition coefficient (Wildman–Crippen LogP) is 1.54. The summed E-state index contributed by atoms with van der Waals surface area (Å²) in [6, 6.07) is 0. The van der Waals surface area contributed by atoms with Gasteiger partial charge in [0.15, 0.2) is 0 Å². The molecule has 0 radical (unpaired) electrons. The van der Waals surface area contributed by atoms with Crippen LogP contribution >= 0.6 is 0 Å². The fourth-order valence-corrected chi connectivity index (χ4v) is 3.69. The molecule has 0 spiro atoms. The van der Waals surface area contributed by atoms with Crippen LogP contribution < -0.4 is 0 Å². The number of imide groups is 1. The molecule has 2 fully saturated rings. The van der Waals surface area contributed by atoms with Gasteiger partial charge in [0, 0.05) is 0 Å². The number of rotatable bonds is 6. The van der Waals surface area contributed by atoms with Crippen LogP contribution in [0.25, 0.3) is 0 Å². The summed E-state index contributed by atoms with van der Waals surface area (Å²) in [7, 11) is -7.22. The number of nitrogens with zero attached hydrogens (tertiary/aromatic N) is 1. The fourth-order valence-electron chi connectivity index (χ4n) is 2.92. The normalized spacial score (nSPS) is 29.8. The third kappa shape index (κ3) is 3.07. The Morgan fingerprint density at radius 3 is 1.67 bits per heavy atom. The van der Waals surface area contributed by atoms with Crippen LogP contribution in [0.5, 0.6) is 0 Å². The molecule has 3 rings (SSSR count). The molecule has 0 aliphatic carbocycles. The highest BCUT2D eigenvalue weighted by Gasteiger charge is 2.76. The summed E-state index contributed by atoms with van der Waals surface area (Å²) in [6.07, 6.45) is -20.4. The highest BCUT2D eigenvalue weighted by molar-refractivity contribution is 7.87. The molecule has 2 saturated heterocycles. The van der Waals surface area contributed by atoms with Gasteiger partial charge in [0.2, 0.25) is 0 Å². The quantitative estimate of drug-likeness (QED) is 0.324. The van der Waals surface area contributed by atoms with E-state index in [4.69, 9.17) is 4.74 Å². The number of ether oxygens (including phenoxy) is 2. The Kier molecular flexibility index (Phi) is 4.78. The van der Waals surface area contributed by atoms with E-state index in [2.05, 4.69) is 4.28 Å². The number of hydrogen-bond donors (Lipinski definition) is 0. The molecule has 0 saturated carbocycles. The third-order valence-corrected chi connectivity index (χ3v) is 5.49. The van der Waals surface area contributed by atoms with Crippen LogP contribution in [0.2, 0.25) is 0 Å². The first-order valence-electron chi connectivity index (χ1n) is 7.40. The molecule has 30 heavy (non-hydrogen) atoms. The van der Waals surface area contributed by atoms with Crippen molar-refractivity contribution < 1.29 is 71.3 Å². The number of hydroxylamine groups is 2. The van der Waals surface area contributed by atoms with Crippen molar-refractivity contribution in [3.8, 4) is 0 Å². The van der Waals surface area contributed by atoms with E-state index in [0.29, 0.717) is 0 Å². The van der Waals surface area contributed by atoms with Gasteiger partial charge < -0.3 is 4.74 Å². The zero-order valence-electron chi connectivity index (χ0n) is 13.6. The largest absolute Gasteiger partial charge is 0.483 e. The van der Waals surface area contributed by atoms with Gasteiger partial charge in [0.05, 0.1) is 24.0 Å². The summed E-state index contributed by atoms with van der Waals surface area (Å²) >= 11 is 0. The van der Waals surface area contributed by atoms with Gasteiger partial charge in [-0.2, -0.15) is 47.9 Å². The van der Waals surface area contributed by atoms with Crippen LogP contribution in [-0.4, -0.2) is 61.2 Å². The van der Waals surface area contributed by atoms with Crippen molar-refractivity contribution >= 4 is 21.9 Å². The fraction of sp³-hybridized carbons (Fsp3) is 0.667. The number of halogens is 9.